The van der Waals surface area contributed by atoms with Crippen molar-refractivity contribution in [2.24, 2.45) is 5.92 Å². The molecule has 0 aromatic rings. The van der Waals surface area contributed by atoms with Gasteiger partial charge in [-0.05, 0) is 52.0 Å². The molecule has 2 saturated heterocycles. The Kier molecular flexibility index (Phi) is 4.78. The minimum absolute atomic E-state index is 0.155. The van der Waals surface area contributed by atoms with E-state index in [1.807, 2.05) is 19.9 Å². The summed E-state index contributed by atoms with van der Waals surface area (Å²) >= 11 is 0. The highest BCUT2D eigenvalue weighted by Gasteiger charge is 2.62. The average Bonchev–Trinajstić information content (AvgIpc) is 3.17. The molecule has 0 amide bonds. The first-order chi connectivity index (χ1) is 12.1. The van der Waals surface area contributed by atoms with E-state index in [4.69, 9.17) is 14.2 Å². The molecule has 6 atom stereocenters. The SMILES string of the molecule is C=C1C(=O)O[C@@H]2[C@H]3O[C@]3(C)CCC=C(C)[C@@H](OC(=O)C(C)(O)CC)C[C@@H]12. The molecule has 2 aliphatic heterocycles. The van der Waals surface area contributed by atoms with Gasteiger partial charge in [0.2, 0.25) is 0 Å². The fraction of sp³-hybridized carbons (Fsp3) is 0.700. The maximum absolute atomic E-state index is 12.4. The highest BCUT2D eigenvalue weighted by Crippen LogP contribution is 2.50. The standard InChI is InChI=1S/C20H28O6/c1-6-19(4,23)18(22)24-14-10-13-12(3)17(21)25-15(13)16-20(5,26-16)9-7-8-11(14)2/h8,13-16,23H,3,6-7,9-10H2,1-2,4-5H3/t13-,14-,15-,16+,19?,20+/m0/s1. The maximum atomic E-state index is 12.4. The molecular formula is C20H28O6. The number of carbonyl (C=O) groups excluding carboxylic acids is 2. The van der Waals surface area contributed by atoms with Gasteiger partial charge in [0.05, 0.1) is 5.60 Å². The van der Waals surface area contributed by atoms with E-state index in [0.29, 0.717) is 12.0 Å². The summed E-state index contributed by atoms with van der Waals surface area (Å²) in [6, 6.07) is 0. The first-order valence-corrected chi connectivity index (χ1v) is 9.27. The lowest BCUT2D eigenvalue weighted by atomic mass is 9.83. The van der Waals surface area contributed by atoms with Crippen LogP contribution in [0.1, 0.15) is 53.4 Å². The van der Waals surface area contributed by atoms with Gasteiger partial charge < -0.3 is 19.3 Å². The number of rotatable bonds is 3. The Morgan fingerprint density at radius 2 is 2.23 bits per heavy atom. The van der Waals surface area contributed by atoms with Crippen LogP contribution in [0.5, 0.6) is 0 Å². The summed E-state index contributed by atoms with van der Waals surface area (Å²) < 4.78 is 17.1. The normalized spacial score (nSPS) is 39.0. The van der Waals surface area contributed by atoms with Gasteiger partial charge in [0, 0.05) is 11.5 Å². The second-order valence-electron chi connectivity index (χ2n) is 8.10. The highest BCUT2D eigenvalue weighted by molar-refractivity contribution is 5.91. The largest absolute Gasteiger partial charge is 0.456 e. The molecule has 0 spiro atoms. The van der Waals surface area contributed by atoms with Gasteiger partial charge in [-0.2, -0.15) is 0 Å². The van der Waals surface area contributed by atoms with Gasteiger partial charge in [0.15, 0.2) is 5.60 Å². The Morgan fingerprint density at radius 3 is 2.88 bits per heavy atom. The van der Waals surface area contributed by atoms with Crippen molar-refractivity contribution in [3.63, 3.8) is 0 Å². The van der Waals surface area contributed by atoms with Gasteiger partial charge in [-0.3, -0.25) is 0 Å². The Labute approximate surface area is 154 Å². The van der Waals surface area contributed by atoms with Gasteiger partial charge in [0.25, 0.3) is 0 Å². The topological polar surface area (TPSA) is 85.4 Å². The lowest BCUT2D eigenvalue weighted by molar-refractivity contribution is -0.168. The van der Waals surface area contributed by atoms with E-state index in [0.717, 1.165) is 18.4 Å². The van der Waals surface area contributed by atoms with Crippen LogP contribution in [0.3, 0.4) is 0 Å². The van der Waals surface area contributed by atoms with Gasteiger partial charge in [-0.25, -0.2) is 9.59 Å². The zero-order chi connectivity index (χ0) is 19.3. The lowest BCUT2D eigenvalue weighted by Crippen LogP contribution is -2.40. The van der Waals surface area contributed by atoms with Crippen molar-refractivity contribution in [2.75, 3.05) is 0 Å². The zero-order valence-corrected chi connectivity index (χ0v) is 15.9. The number of epoxide rings is 1. The Balaban J connectivity index is 1.87. The van der Waals surface area contributed by atoms with Crippen LogP contribution in [0, 0.1) is 5.92 Å². The Bertz CT molecular complexity index is 663. The van der Waals surface area contributed by atoms with E-state index >= 15 is 0 Å². The van der Waals surface area contributed by atoms with Crippen molar-refractivity contribution in [3.8, 4) is 0 Å². The average molecular weight is 364 g/mol. The summed E-state index contributed by atoms with van der Waals surface area (Å²) in [6.45, 7) is 11.0. The van der Waals surface area contributed by atoms with E-state index in [9.17, 15) is 14.7 Å². The molecule has 0 saturated carbocycles. The quantitative estimate of drug-likeness (QED) is 0.358. The fourth-order valence-corrected chi connectivity index (χ4v) is 3.73. The van der Waals surface area contributed by atoms with Crippen LogP contribution in [0.15, 0.2) is 23.8 Å². The summed E-state index contributed by atoms with van der Waals surface area (Å²) in [4.78, 5) is 24.5. The Hall–Kier alpha value is -1.66. The molecule has 1 aliphatic carbocycles. The molecule has 1 N–H and O–H groups in total. The number of fused-ring (bicyclic) bond motifs is 3. The van der Waals surface area contributed by atoms with Crippen LogP contribution in [0.25, 0.3) is 0 Å². The minimum atomic E-state index is -1.54. The summed E-state index contributed by atoms with van der Waals surface area (Å²) in [5, 5.41) is 10.2. The third-order valence-electron chi connectivity index (χ3n) is 6.05. The molecule has 6 heteroatoms. The molecule has 2 fully saturated rings. The number of hydrogen-bond donors (Lipinski definition) is 1. The first kappa shape index (κ1) is 19.1. The van der Waals surface area contributed by atoms with Gasteiger partial charge in [0.1, 0.15) is 18.3 Å². The van der Waals surface area contributed by atoms with E-state index in [2.05, 4.69) is 6.58 Å². The molecule has 6 nitrogen and oxygen atoms in total. The van der Waals surface area contributed by atoms with Crippen LogP contribution in [-0.2, 0) is 23.8 Å². The first-order valence-electron chi connectivity index (χ1n) is 9.27. The van der Waals surface area contributed by atoms with E-state index < -0.39 is 29.7 Å². The van der Waals surface area contributed by atoms with E-state index in [1.165, 1.54) is 6.92 Å². The van der Waals surface area contributed by atoms with Crippen LogP contribution in [0.4, 0.5) is 0 Å². The second-order valence-corrected chi connectivity index (χ2v) is 8.10. The molecular weight excluding hydrogens is 336 g/mol. The summed E-state index contributed by atoms with van der Waals surface area (Å²) in [5.74, 6) is -1.35. The summed E-state index contributed by atoms with van der Waals surface area (Å²) in [6.07, 6.45) is 3.18. The molecule has 144 valence electrons. The molecule has 3 aliphatic rings. The number of esters is 2. The molecule has 2 heterocycles. The van der Waals surface area contributed by atoms with E-state index in [1.54, 1.807) is 6.92 Å². The number of ether oxygens (including phenoxy) is 3. The number of allylic oxidation sites excluding steroid dienone is 1. The number of carbonyl (C=O) groups is 2. The molecule has 26 heavy (non-hydrogen) atoms. The minimum Gasteiger partial charge on any atom is -0.456 e. The Morgan fingerprint density at radius 1 is 1.54 bits per heavy atom. The van der Waals surface area contributed by atoms with Crippen molar-refractivity contribution in [1.82, 2.24) is 0 Å². The van der Waals surface area contributed by atoms with Gasteiger partial charge in [-0.15, -0.1) is 0 Å². The monoisotopic (exact) mass is 364 g/mol. The highest BCUT2D eigenvalue weighted by atomic mass is 16.6. The van der Waals surface area contributed by atoms with Crippen molar-refractivity contribution in [1.29, 1.82) is 0 Å². The van der Waals surface area contributed by atoms with Gasteiger partial charge >= 0.3 is 11.9 Å². The molecule has 0 aromatic heterocycles. The van der Waals surface area contributed by atoms with Crippen LogP contribution in [-0.4, -0.2) is 46.6 Å². The fourth-order valence-electron chi connectivity index (χ4n) is 3.73. The molecule has 3 rings (SSSR count). The number of aliphatic hydroxyl groups is 1. The van der Waals surface area contributed by atoms with Gasteiger partial charge in [-0.1, -0.05) is 19.6 Å². The molecule has 0 radical (unpaired) electrons. The van der Waals surface area contributed by atoms with Crippen LogP contribution < -0.4 is 0 Å². The zero-order valence-electron chi connectivity index (χ0n) is 15.9. The summed E-state index contributed by atoms with van der Waals surface area (Å²) in [5.41, 5.74) is -0.532. The predicted octanol–water partition coefficient (Wildman–Crippen LogP) is 2.44. The predicted molar refractivity (Wildman–Crippen MR) is 94.2 cm³/mol. The van der Waals surface area contributed by atoms with Crippen molar-refractivity contribution in [3.05, 3.63) is 23.8 Å². The maximum Gasteiger partial charge on any atom is 0.338 e. The smallest absolute Gasteiger partial charge is 0.338 e. The molecule has 0 aromatic carbocycles. The second kappa shape index (κ2) is 6.50. The molecule has 1 unspecified atom stereocenters. The summed E-state index contributed by atoms with van der Waals surface area (Å²) in [7, 11) is 0. The molecule has 0 bridgehead atoms. The third-order valence-corrected chi connectivity index (χ3v) is 6.05. The third kappa shape index (κ3) is 3.32. The van der Waals surface area contributed by atoms with Crippen molar-refractivity contribution < 1.29 is 28.9 Å². The number of hydrogen-bond acceptors (Lipinski definition) is 6. The van der Waals surface area contributed by atoms with E-state index in [-0.39, 0.29) is 24.0 Å². The lowest BCUT2D eigenvalue weighted by Gasteiger charge is -2.28. The van der Waals surface area contributed by atoms with Crippen LogP contribution >= 0.6 is 0 Å². The van der Waals surface area contributed by atoms with Crippen LogP contribution in [0.2, 0.25) is 0 Å². The van der Waals surface area contributed by atoms with Crippen molar-refractivity contribution >= 4 is 11.9 Å². The van der Waals surface area contributed by atoms with Crippen molar-refractivity contribution in [2.45, 2.75) is 82.9 Å².